The van der Waals surface area contributed by atoms with Crippen LogP contribution in [0.2, 0.25) is 0 Å². The maximum Gasteiger partial charge on any atom is 0.146 e. The van der Waals surface area contributed by atoms with E-state index in [4.69, 9.17) is 9.15 Å². The van der Waals surface area contributed by atoms with Crippen LogP contribution in [0, 0.1) is 0 Å². The Bertz CT molecular complexity index is 1310. The van der Waals surface area contributed by atoms with Crippen LogP contribution in [-0.4, -0.2) is 34.9 Å². The first-order valence-electron chi connectivity index (χ1n) is 10.4. The highest BCUT2D eigenvalue weighted by Crippen LogP contribution is 2.38. The van der Waals surface area contributed by atoms with Crippen LogP contribution >= 0.6 is 11.5 Å². The lowest BCUT2D eigenvalue weighted by molar-refractivity contribution is 0.234. The molecule has 0 saturated carbocycles. The van der Waals surface area contributed by atoms with E-state index in [-0.39, 0.29) is 0 Å². The van der Waals surface area contributed by atoms with Gasteiger partial charge in [0.05, 0.1) is 22.0 Å². The highest BCUT2D eigenvalue weighted by molar-refractivity contribution is 7.14. The van der Waals surface area contributed by atoms with Gasteiger partial charge in [0, 0.05) is 49.1 Å². The Hall–Kier alpha value is -2.80. The maximum absolute atomic E-state index is 6.04. The van der Waals surface area contributed by atoms with Crippen molar-refractivity contribution in [3.63, 3.8) is 0 Å². The van der Waals surface area contributed by atoms with E-state index < -0.39 is 0 Å². The summed E-state index contributed by atoms with van der Waals surface area (Å²) in [7, 11) is 0. The Labute approximate surface area is 178 Å². The quantitative estimate of drug-likeness (QED) is 0.442. The van der Waals surface area contributed by atoms with Crippen LogP contribution in [0.25, 0.3) is 26.5 Å². The molecule has 0 spiro atoms. The molecule has 1 saturated heterocycles. The predicted octanol–water partition coefficient (Wildman–Crippen LogP) is 4.88. The van der Waals surface area contributed by atoms with Crippen molar-refractivity contribution in [2.75, 3.05) is 26.2 Å². The van der Waals surface area contributed by atoms with Crippen LogP contribution in [0.1, 0.15) is 11.3 Å². The molecule has 0 radical (unpaired) electrons. The van der Waals surface area contributed by atoms with Crippen molar-refractivity contribution in [2.45, 2.75) is 13.2 Å². The van der Waals surface area contributed by atoms with E-state index in [2.05, 4.69) is 56.5 Å². The molecule has 0 unspecified atom stereocenters. The van der Waals surface area contributed by atoms with Gasteiger partial charge in [-0.3, -0.25) is 8.69 Å². The number of hydrogen-bond donors (Lipinski definition) is 1. The minimum atomic E-state index is 0.441. The molecule has 3 aromatic heterocycles. The lowest BCUT2D eigenvalue weighted by Crippen LogP contribution is -2.42. The monoisotopic (exact) mass is 417 g/mol. The Kier molecular flexibility index (Phi) is 4.48. The summed E-state index contributed by atoms with van der Waals surface area (Å²) in [4.78, 5) is 2.55. The highest BCUT2D eigenvalue weighted by atomic mass is 32.1. The van der Waals surface area contributed by atoms with Gasteiger partial charge in [-0.15, -0.1) is 0 Å². The van der Waals surface area contributed by atoms with Crippen LogP contribution in [0.4, 0.5) is 0 Å². The Morgan fingerprint density at radius 1 is 1.00 bits per heavy atom. The zero-order chi connectivity index (χ0) is 19.9. The highest BCUT2D eigenvalue weighted by Gasteiger charge is 2.20. The standard InChI is InChI=1S/C24H23N3O2S/c1-2-6-23-19(5-1)24-21(15-26-11-9-25-10-12-26)20-14-17(7-8-22(20)27(24)30-23)29-16-18-4-3-13-28-18/h1-8,13-14,25H,9-12,15-16H2. The van der Waals surface area contributed by atoms with E-state index in [0.717, 1.165) is 44.2 Å². The third kappa shape index (κ3) is 3.08. The van der Waals surface area contributed by atoms with E-state index in [9.17, 15) is 0 Å². The van der Waals surface area contributed by atoms with Crippen molar-refractivity contribution in [1.29, 1.82) is 0 Å². The van der Waals surface area contributed by atoms with Crippen molar-refractivity contribution >= 4 is 38.0 Å². The number of piperazine rings is 1. The molecular formula is C24H23N3O2S. The second kappa shape index (κ2) is 7.47. The molecule has 0 aliphatic carbocycles. The van der Waals surface area contributed by atoms with Crippen LogP contribution in [0.5, 0.6) is 5.75 Å². The minimum Gasteiger partial charge on any atom is -0.486 e. The zero-order valence-corrected chi connectivity index (χ0v) is 17.5. The lowest BCUT2D eigenvalue weighted by atomic mass is 10.1. The van der Waals surface area contributed by atoms with Crippen LogP contribution in [0.3, 0.4) is 0 Å². The van der Waals surface area contributed by atoms with Gasteiger partial charge in [0.2, 0.25) is 0 Å². The molecule has 0 bridgehead atoms. The number of hydrogen-bond acceptors (Lipinski definition) is 5. The summed E-state index contributed by atoms with van der Waals surface area (Å²) in [5, 5.41) is 6.07. The first kappa shape index (κ1) is 18.0. The summed E-state index contributed by atoms with van der Waals surface area (Å²) >= 11 is 1.82. The lowest BCUT2D eigenvalue weighted by Gasteiger charge is -2.27. The normalized spacial score (nSPS) is 15.5. The van der Waals surface area contributed by atoms with Gasteiger partial charge < -0.3 is 14.5 Å². The SMILES string of the molecule is c1coc(COc2ccc3c(c2)c(CN2CCNCC2)c2c4ccccc4sn32)c1. The van der Waals surface area contributed by atoms with Crippen molar-refractivity contribution in [1.82, 2.24) is 14.0 Å². The van der Waals surface area contributed by atoms with Gasteiger partial charge in [0.15, 0.2) is 0 Å². The number of aromatic nitrogens is 1. The molecule has 1 N–H and O–H groups in total. The Morgan fingerprint density at radius 2 is 1.90 bits per heavy atom. The van der Waals surface area contributed by atoms with Gasteiger partial charge in [-0.05, 0) is 36.4 Å². The van der Waals surface area contributed by atoms with E-state index in [1.807, 2.05) is 23.7 Å². The van der Waals surface area contributed by atoms with Gasteiger partial charge in [0.25, 0.3) is 0 Å². The van der Waals surface area contributed by atoms with E-state index >= 15 is 0 Å². The van der Waals surface area contributed by atoms with Gasteiger partial charge in [-0.1, -0.05) is 29.7 Å². The van der Waals surface area contributed by atoms with E-state index in [0.29, 0.717) is 6.61 Å². The molecule has 1 aliphatic heterocycles. The van der Waals surface area contributed by atoms with E-state index in [1.165, 1.54) is 32.1 Å². The molecule has 0 amide bonds. The maximum atomic E-state index is 6.04. The molecule has 5 aromatic rings. The number of ether oxygens (including phenoxy) is 1. The van der Waals surface area contributed by atoms with Crippen molar-refractivity contribution < 1.29 is 9.15 Å². The van der Waals surface area contributed by atoms with Gasteiger partial charge in [0.1, 0.15) is 18.1 Å². The summed E-state index contributed by atoms with van der Waals surface area (Å²) in [6.07, 6.45) is 1.68. The van der Waals surface area contributed by atoms with Crippen molar-refractivity contribution in [2.24, 2.45) is 0 Å². The van der Waals surface area contributed by atoms with Gasteiger partial charge in [-0.2, -0.15) is 0 Å². The Morgan fingerprint density at radius 3 is 2.77 bits per heavy atom. The van der Waals surface area contributed by atoms with Gasteiger partial charge >= 0.3 is 0 Å². The number of nitrogens with zero attached hydrogens (tertiary/aromatic N) is 2. The fourth-order valence-corrected chi connectivity index (χ4v) is 5.56. The molecule has 6 heteroatoms. The first-order valence-corrected chi connectivity index (χ1v) is 11.2. The smallest absolute Gasteiger partial charge is 0.146 e. The molecule has 0 atom stereocenters. The molecule has 6 rings (SSSR count). The fraction of sp³-hybridized carbons (Fsp3) is 0.250. The van der Waals surface area contributed by atoms with Crippen LogP contribution in [0.15, 0.2) is 65.3 Å². The minimum absolute atomic E-state index is 0.441. The summed E-state index contributed by atoms with van der Waals surface area (Å²) in [5.41, 5.74) is 3.99. The largest absolute Gasteiger partial charge is 0.486 e. The number of fused-ring (bicyclic) bond motifs is 5. The summed E-state index contributed by atoms with van der Waals surface area (Å²) in [6.45, 7) is 5.66. The fourth-order valence-electron chi connectivity index (χ4n) is 4.40. The predicted molar refractivity (Wildman–Crippen MR) is 121 cm³/mol. The second-order valence-corrected chi connectivity index (χ2v) is 8.77. The number of benzene rings is 2. The molecule has 152 valence electrons. The van der Waals surface area contributed by atoms with Gasteiger partial charge in [-0.25, -0.2) is 0 Å². The number of rotatable bonds is 5. The number of nitrogens with one attached hydrogen (secondary N) is 1. The summed E-state index contributed by atoms with van der Waals surface area (Å²) in [5.74, 6) is 1.71. The number of furan rings is 1. The van der Waals surface area contributed by atoms with Crippen molar-refractivity contribution in [3.8, 4) is 5.75 Å². The molecule has 1 aliphatic rings. The second-order valence-electron chi connectivity index (χ2n) is 7.78. The third-order valence-electron chi connectivity index (χ3n) is 5.89. The molecule has 5 nitrogen and oxygen atoms in total. The average molecular weight is 418 g/mol. The Balaban J connectivity index is 1.47. The third-order valence-corrected chi connectivity index (χ3v) is 7.00. The molecular weight excluding hydrogens is 394 g/mol. The molecule has 1 fully saturated rings. The molecule has 4 heterocycles. The average Bonchev–Trinajstić information content (AvgIpc) is 3.50. The summed E-state index contributed by atoms with van der Waals surface area (Å²) in [6, 6.07) is 19.0. The molecule has 30 heavy (non-hydrogen) atoms. The van der Waals surface area contributed by atoms with Crippen LogP contribution in [-0.2, 0) is 13.2 Å². The topological polar surface area (TPSA) is 42.0 Å². The van der Waals surface area contributed by atoms with Crippen molar-refractivity contribution in [3.05, 3.63) is 72.2 Å². The van der Waals surface area contributed by atoms with E-state index in [1.54, 1.807) is 6.26 Å². The summed E-state index contributed by atoms with van der Waals surface area (Å²) < 4.78 is 15.2. The first-order chi connectivity index (χ1) is 14.9. The van der Waals surface area contributed by atoms with Crippen LogP contribution < -0.4 is 10.1 Å². The zero-order valence-electron chi connectivity index (χ0n) is 16.6. The molecule has 2 aromatic carbocycles.